The molecule has 31 heavy (non-hydrogen) atoms. The van der Waals surface area contributed by atoms with Crippen LogP contribution in [0.1, 0.15) is 11.1 Å². The first-order valence-corrected chi connectivity index (χ1v) is 8.75. The van der Waals surface area contributed by atoms with Crippen molar-refractivity contribution in [3.05, 3.63) is 53.6 Å². The van der Waals surface area contributed by atoms with E-state index in [9.17, 15) is 39.5 Å². The number of nitrogens with one attached hydrogen (secondary N) is 2. The van der Waals surface area contributed by atoms with Gasteiger partial charge in [-0.15, -0.1) is 0 Å². The predicted octanol–water partition coefficient (Wildman–Crippen LogP) is 7.04. The minimum absolute atomic E-state index is 0.0427. The molecule has 0 fully saturated rings. The van der Waals surface area contributed by atoms with Crippen molar-refractivity contribution in [1.82, 2.24) is 0 Å². The van der Waals surface area contributed by atoms with E-state index in [4.69, 9.17) is 12.2 Å². The van der Waals surface area contributed by atoms with E-state index in [1.165, 1.54) is 0 Å². The first-order valence-electron chi connectivity index (χ1n) is 7.90. The highest BCUT2D eigenvalue weighted by atomic mass is 35.5. The monoisotopic (exact) mass is 496 g/mol. The maximum atomic E-state index is 13.1. The van der Waals surface area contributed by atoms with Crippen molar-refractivity contribution in [3.63, 3.8) is 0 Å². The molecule has 0 amide bonds. The van der Waals surface area contributed by atoms with Crippen LogP contribution in [0.2, 0.25) is 0 Å². The second kappa shape index (κ2) is 8.99. The molecular weight excluding hydrogens is 487 g/mol. The summed E-state index contributed by atoms with van der Waals surface area (Å²) in [7, 11) is 0. The molecule has 2 aromatic rings. The van der Waals surface area contributed by atoms with Crippen LogP contribution in [0.25, 0.3) is 0 Å². The van der Waals surface area contributed by atoms with Crippen molar-refractivity contribution >= 4 is 40.3 Å². The number of hydrogen-bond donors (Lipinski definition) is 2. The summed E-state index contributed by atoms with van der Waals surface area (Å²) in [5.74, 6) is -0.467. The minimum atomic E-state index is -5.04. The number of rotatable bonds is 5. The number of thiocarbonyl (C=S) groups is 1. The molecule has 0 aromatic heterocycles. The van der Waals surface area contributed by atoms with Crippen molar-refractivity contribution in [2.75, 3.05) is 10.6 Å². The van der Waals surface area contributed by atoms with Crippen LogP contribution in [-0.2, 0) is 12.4 Å². The highest BCUT2D eigenvalue weighted by Crippen LogP contribution is 2.37. The van der Waals surface area contributed by atoms with Gasteiger partial charge >= 0.3 is 18.5 Å². The van der Waals surface area contributed by atoms with Gasteiger partial charge in [0, 0.05) is 11.4 Å². The molecule has 2 N–H and O–H groups in total. The Labute approximate surface area is 179 Å². The molecule has 14 heteroatoms. The van der Waals surface area contributed by atoms with Crippen LogP contribution >= 0.6 is 23.8 Å². The van der Waals surface area contributed by atoms with Crippen molar-refractivity contribution in [2.45, 2.75) is 24.1 Å². The Kier molecular flexibility index (Phi) is 7.21. The second-order valence-electron chi connectivity index (χ2n) is 5.86. The fourth-order valence-electron chi connectivity index (χ4n) is 2.13. The van der Waals surface area contributed by atoms with Crippen LogP contribution in [0.4, 0.5) is 50.9 Å². The van der Waals surface area contributed by atoms with E-state index in [1.807, 2.05) is 0 Å². The Morgan fingerprint density at radius 3 is 1.68 bits per heavy atom. The van der Waals surface area contributed by atoms with E-state index in [-0.39, 0.29) is 11.8 Å². The van der Waals surface area contributed by atoms with Gasteiger partial charge in [-0.05, 0) is 54.7 Å². The van der Waals surface area contributed by atoms with Gasteiger partial charge < -0.3 is 15.4 Å². The van der Waals surface area contributed by atoms with E-state index in [0.29, 0.717) is 12.1 Å². The van der Waals surface area contributed by atoms with Crippen LogP contribution in [0.15, 0.2) is 42.5 Å². The Morgan fingerprint density at radius 2 is 1.26 bits per heavy atom. The first kappa shape index (κ1) is 24.9. The number of halogens is 10. The molecule has 0 saturated heterocycles. The zero-order valence-electron chi connectivity index (χ0n) is 14.7. The van der Waals surface area contributed by atoms with Gasteiger partial charge in [0.15, 0.2) is 5.11 Å². The molecule has 1 atom stereocenters. The van der Waals surface area contributed by atoms with Gasteiger partial charge in [0.05, 0.1) is 11.1 Å². The van der Waals surface area contributed by atoms with Crippen LogP contribution in [-0.4, -0.2) is 16.9 Å². The summed E-state index contributed by atoms with van der Waals surface area (Å²) in [5.41, 5.74) is -6.66. The maximum absolute atomic E-state index is 13.1. The number of ether oxygens (including phenoxy) is 1. The van der Waals surface area contributed by atoms with E-state index < -0.39 is 51.8 Å². The van der Waals surface area contributed by atoms with Crippen molar-refractivity contribution in [3.8, 4) is 5.75 Å². The van der Waals surface area contributed by atoms with E-state index in [0.717, 1.165) is 24.3 Å². The van der Waals surface area contributed by atoms with Crippen molar-refractivity contribution in [2.24, 2.45) is 0 Å². The molecule has 0 saturated carbocycles. The lowest BCUT2D eigenvalue weighted by molar-refractivity contribution is -0.199. The molecule has 0 radical (unpaired) electrons. The lowest BCUT2D eigenvalue weighted by atomic mass is 10.1. The quantitative estimate of drug-likeness (QED) is 0.264. The molecule has 0 aliphatic heterocycles. The molecule has 2 rings (SSSR count). The molecule has 3 nitrogen and oxygen atoms in total. The molecule has 0 spiro atoms. The lowest BCUT2D eigenvalue weighted by Gasteiger charge is -2.18. The van der Waals surface area contributed by atoms with E-state index in [1.54, 1.807) is 0 Å². The fraction of sp³-hybridized carbons (Fsp3) is 0.235. The van der Waals surface area contributed by atoms with Crippen LogP contribution in [0, 0.1) is 0 Å². The molecule has 0 bridgehead atoms. The van der Waals surface area contributed by atoms with Crippen LogP contribution in [0.5, 0.6) is 5.75 Å². The van der Waals surface area contributed by atoms with Gasteiger partial charge in [-0.25, -0.2) is 4.39 Å². The summed E-state index contributed by atoms with van der Waals surface area (Å²) >= 11 is 9.50. The zero-order valence-corrected chi connectivity index (χ0v) is 16.3. The molecule has 0 heterocycles. The molecule has 0 aliphatic rings. The lowest BCUT2D eigenvalue weighted by Crippen LogP contribution is -2.32. The van der Waals surface area contributed by atoms with Gasteiger partial charge in [-0.3, -0.25) is 0 Å². The fourth-order valence-corrected chi connectivity index (χ4v) is 2.41. The van der Waals surface area contributed by atoms with E-state index >= 15 is 0 Å². The first-order chi connectivity index (χ1) is 14.1. The van der Waals surface area contributed by atoms with Gasteiger partial charge in [0.2, 0.25) is 0 Å². The summed E-state index contributed by atoms with van der Waals surface area (Å²) in [6.45, 7) is 0. The number of hydrogen-bond acceptors (Lipinski definition) is 2. The standard InChI is InChI=1S/C17H10ClF9N2OS/c18-13(19)17(26,27)30-12-3-1-10(2-4-12)28-14(31)29-11-6-8(15(20,21)22)5-9(7-11)16(23,24)25/h1-7,13H,(H2,28,29,31). The van der Waals surface area contributed by atoms with Gasteiger partial charge in [-0.2, -0.15) is 35.1 Å². The van der Waals surface area contributed by atoms with Crippen molar-refractivity contribution in [1.29, 1.82) is 0 Å². The average molecular weight is 497 g/mol. The highest BCUT2D eigenvalue weighted by molar-refractivity contribution is 7.80. The van der Waals surface area contributed by atoms with Crippen molar-refractivity contribution < 1.29 is 44.3 Å². The Bertz CT molecular complexity index is 898. The Balaban J connectivity index is 2.14. The average Bonchev–Trinajstić information content (AvgIpc) is 2.61. The normalized spacial score (nSPS) is 13.5. The third kappa shape index (κ3) is 7.06. The number of anilines is 2. The third-order valence-corrected chi connectivity index (χ3v) is 3.92. The zero-order chi connectivity index (χ0) is 23.6. The highest BCUT2D eigenvalue weighted by Gasteiger charge is 2.42. The topological polar surface area (TPSA) is 33.3 Å². The second-order valence-corrected chi connectivity index (χ2v) is 6.65. The molecule has 0 aliphatic carbocycles. The minimum Gasteiger partial charge on any atom is -0.429 e. The van der Waals surface area contributed by atoms with Gasteiger partial charge in [0.1, 0.15) is 5.75 Å². The largest absolute Gasteiger partial charge is 0.444 e. The molecule has 2 aromatic carbocycles. The summed E-state index contributed by atoms with van der Waals surface area (Å²) in [6, 6.07) is 5.04. The van der Waals surface area contributed by atoms with Gasteiger partial charge in [-0.1, -0.05) is 11.6 Å². The maximum Gasteiger partial charge on any atom is 0.444 e. The van der Waals surface area contributed by atoms with Crippen LogP contribution < -0.4 is 15.4 Å². The summed E-state index contributed by atoms with van der Waals surface area (Å²) in [6.07, 6.45) is -14.4. The van der Waals surface area contributed by atoms with E-state index in [2.05, 4.69) is 27.0 Å². The smallest absolute Gasteiger partial charge is 0.429 e. The Morgan fingerprint density at radius 1 is 0.806 bits per heavy atom. The summed E-state index contributed by atoms with van der Waals surface area (Å²) < 4.78 is 120. The SMILES string of the molecule is FC(Cl)C(F)(F)Oc1ccc(NC(=S)Nc2cc(C(F)(F)F)cc(C(F)(F)F)c2)cc1. The molecule has 170 valence electrons. The van der Waals surface area contributed by atoms with Gasteiger partial charge in [0.25, 0.3) is 5.63 Å². The van der Waals surface area contributed by atoms with Crippen LogP contribution in [0.3, 0.4) is 0 Å². The summed E-state index contributed by atoms with van der Waals surface area (Å²) in [4.78, 5) is 0. The molecular formula is C17H10ClF9N2OS. The number of alkyl halides is 10. The predicted molar refractivity (Wildman–Crippen MR) is 99.1 cm³/mol. The third-order valence-electron chi connectivity index (χ3n) is 3.47. The summed E-state index contributed by atoms with van der Waals surface area (Å²) in [5, 5.41) is 4.23. The Hall–Kier alpha value is -2.41. The number of benzene rings is 2. The molecule has 1 unspecified atom stereocenters.